The summed E-state index contributed by atoms with van der Waals surface area (Å²) in [5.41, 5.74) is 5.12. The van der Waals surface area contributed by atoms with Crippen molar-refractivity contribution in [2.75, 3.05) is 5.32 Å². The molecule has 0 aliphatic heterocycles. The zero-order valence-corrected chi connectivity index (χ0v) is 12.6. The van der Waals surface area contributed by atoms with Gasteiger partial charge in [0, 0.05) is 16.2 Å². The molecule has 0 saturated heterocycles. The molecule has 2 heteroatoms. The van der Waals surface area contributed by atoms with Gasteiger partial charge in [0.25, 0.3) is 0 Å². The Bertz CT molecular complexity index is 531. The molecular formula is C16H18BrN. The molecule has 2 rings (SSSR count). The molecule has 2 aromatic rings. The maximum Gasteiger partial charge on any atom is 0.0485 e. The van der Waals surface area contributed by atoms with Crippen molar-refractivity contribution in [3.05, 3.63) is 63.6 Å². The molecule has 1 unspecified atom stereocenters. The average molecular weight is 304 g/mol. The molecule has 0 amide bonds. The van der Waals surface area contributed by atoms with Crippen molar-refractivity contribution < 1.29 is 0 Å². The quantitative estimate of drug-likeness (QED) is 0.817. The molecule has 1 N–H and O–H groups in total. The maximum atomic E-state index is 3.53. The fourth-order valence-corrected chi connectivity index (χ4v) is 2.18. The van der Waals surface area contributed by atoms with E-state index in [-0.39, 0.29) is 0 Å². The smallest absolute Gasteiger partial charge is 0.0485 e. The van der Waals surface area contributed by atoms with Crippen LogP contribution in [0.15, 0.2) is 46.9 Å². The molecule has 0 radical (unpaired) electrons. The second-order valence-corrected chi connectivity index (χ2v) is 5.63. The molecule has 0 heterocycles. The standard InChI is InChI=1S/C16H18BrN/c1-11-4-9-16(10-12(11)2)18-13(3)14-5-7-15(17)8-6-14/h4-10,13,18H,1-3H3. The summed E-state index contributed by atoms with van der Waals surface area (Å²) in [5, 5.41) is 3.53. The van der Waals surface area contributed by atoms with Gasteiger partial charge >= 0.3 is 0 Å². The van der Waals surface area contributed by atoms with Crippen LogP contribution in [0.1, 0.15) is 29.7 Å². The van der Waals surface area contributed by atoms with Crippen molar-refractivity contribution in [1.82, 2.24) is 0 Å². The molecule has 0 aliphatic rings. The van der Waals surface area contributed by atoms with Crippen molar-refractivity contribution >= 4 is 21.6 Å². The Morgan fingerprint density at radius 1 is 0.944 bits per heavy atom. The molecule has 0 spiro atoms. The largest absolute Gasteiger partial charge is 0.379 e. The van der Waals surface area contributed by atoms with Gasteiger partial charge < -0.3 is 5.32 Å². The normalized spacial score (nSPS) is 12.2. The van der Waals surface area contributed by atoms with Crippen molar-refractivity contribution in [1.29, 1.82) is 0 Å². The van der Waals surface area contributed by atoms with Crippen LogP contribution in [0.5, 0.6) is 0 Å². The second-order valence-electron chi connectivity index (χ2n) is 4.72. The van der Waals surface area contributed by atoms with Crippen LogP contribution in [0.2, 0.25) is 0 Å². The molecule has 0 aromatic heterocycles. The van der Waals surface area contributed by atoms with Crippen molar-refractivity contribution in [3.8, 4) is 0 Å². The van der Waals surface area contributed by atoms with Gasteiger partial charge in [-0.05, 0) is 61.7 Å². The Balaban J connectivity index is 2.13. The first-order chi connectivity index (χ1) is 8.56. The zero-order chi connectivity index (χ0) is 13.1. The monoisotopic (exact) mass is 303 g/mol. The number of nitrogens with one attached hydrogen (secondary N) is 1. The molecule has 94 valence electrons. The lowest BCUT2D eigenvalue weighted by Crippen LogP contribution is -2.06. The van der Waals surface area contributed by atoms with Crippen LogP contribution >= 0.6 is 15.9 Å². The van der Waals surface area contributed by atoms with Gasteiger partial charge in [0.15, 0.2) is 0 Å². The van der Waals surface area contributed by atoms with Gasteiger partial charge in [-0.1, -0.05) is 34.1 Å². The summed E-state index contributed by atoms with van der Waals surface area (Å²) in [6, 6.07) is 15.2. The Morgan fingerprint density at radius 2 is 1.61 bits per heavy atom. The first-order valence-corrected chi connectivity index (χ1v) is 6.95. The van der Waals surface area contributed by atoms with E-state index in [1.54, 1.807) is 0 Å². The SMILES string of the molecule is Cc1ccc(NC(C)c2ccc(Br)cc2)cc1C. The topological polar surface area (TPSA) is 12.0 Å². The average Bonchev–Trinajstić information content (AvgIpc) is 2.34. The van der Waals surface area contributed by atoms with Gasteiger partial charge in [-0.25, -0.2) is 0 Å². The fourth-order valence-electron chi connectivity index (χ4n) is 1.92. The van der Waals surface area contributed by atoms with Gasteiger partial charge in [0.1, 0.15) is 0 Å². The van der Waals surface area contributed by atoms with Crippen molar-refractivity contribution in [2.24, 2.45) is 0 Å². The number of benzene rings is 2. The number of hydrogen-bond donors (Lipinski definition) is 1. The highest BCUT2D eigenvalue weighted by Gasteiger charge is 2.05. The van der Waals surface area contributed by atoms with Crippen molar-refractivity contribution in [3.63, 3.8) is 0 Å². The molecule has 0 saturated carbocycles. The van der Waals surface area contributed by atoms with E-state index in [0.29, 0.717) is 6.04 Å². The van der Waals surface area contributed by atoms with Crippen LogP contribution in [-0.2, 0) is 0 Å². The van der Waals surface area contributed by atoms with E-state index in [0.717, 1.165) is 4.47 Å². The predicted octanol–water partition coefficient (Wildman–Crippen LogP) is 5.24. The van der Waals surface area contributed by atoms with Crippen LogP contribution in [0.25, 0.3) is 0 Å². The zero-order valence-electron chi connectivity index (χ0n) is 11.0. The van der Waals surface area contributed by atoms with E-state index in [1.165, 1.54) is 22.4 Å². The number of rotatable bonds is 3. The van der Waals surface area contributed by atoms with Crippen LogP contribution in [0, 0.1) is 13.8 Å². The van der Waals surface area contributed by atoms with E-state index in [2.05, 4.69) is 84.5 Å². The van der Waals surface area contributed by atoms with E-state index in [1.807, 2.05) is 0 Å². The fraction of sp³-hybridized carbons (Fsp3) is 0.250. The Kier molecular flexibility index (Phi) is 4.07. The van der Waals surface area contributed by atoms with Crippen molar-refractivity contribution in [2.45, 2.75) is 26.8 Å². The van der Waals surface area contributed by atoms with E-state index in [4.69, 9.17) is 0 Å². The highest BCUT2D eigenvalue weighted by Crippen LogP contribution is 2.22. The summed E-state index contributed by atoms with van der Waals surface area (Å²) < 4.78 is 1.12. The molecule has 0 fully saturated rings. The lowest BCUT2D eigenvalue weighted by atomic mass is 10.1. The first kappa shape index (κ1) is 13.2. The van der Waals surface area contributed by atoms with E-state index >= 15 is 0 Å². The highest BCUT2D eigenvalue weighted by molar-refractivity contribution is 9.10. The number of anilines is 1. The van der Waals surface area contributed by atoms with E-state index < -0.39 is 0 Å². The second kappa shape index (κ2) is 5.57. The molecule has 2 aromatic carbocycles. The third-order valence-corrected chi connectivity index (χ3v) is 3.79. The summed E-state index contributed by atoms with van der Waals surface area (Å²) in [4.78, 5) is 0. The number of aryl methyl sites for hydroxylation is 2. The Hall–Kier alpha value is -1.28. The van der Waals surface area contributed by atoms with Gasteiger partial charge in [0.05, 0.1) is 0 Å². The maximum absolute atomic E-state index is 3.53. The minimum Gasteiger partial charge on any atom is -0.379 e. The third kappa shape index (κ3) is 3.14. The van der Waals surface area contributed by atoms with E-state index in [9.17, 15) is 0 Å². The highest BCUT2D eigenvalue weighted by atomic mass is 79.9. The summed E-state index contributed by atoms with van der Waals surface area (Å²) in [5.74, 6) is 0. The number of hydrogen-bond acceptors (Lipinski definition) is 1. The summed E-state index contributed by atoms with van der Waals surface area (Å²) in [6.45, 7) is 6.46. The summed E-state index contributed by atoms with van der Waals surface area (Å²) >= 11 is 3.46. The minimum absolute atomic E-state index is 0.306. The lowest BCUT2D eigenvalue weighted by Gasteiger charge is -2.16. The molecule has 18 heavy (non-hydrogen) atoms. The Labute approximate surface area is 117 Å². The summed E-state index contributed by atoms with van der Waals surface area (Å²) in [6.07, 6.45) is 0. The lowest BCUT2D eigenvalue weighted by molar-refractivity contribution is 0.884. The molecule has 1 nitrogen and oxygen atoms in total. The van der Waals surface area contributed by atoms with Gasteiger partial charge in [-0.15, -0.1) is 0 Å². The summed E-state index contributed by atoms with van der Waals surface area (Å²) in [7, 11) is 0. The molecule has 1 atom stereocenters. The van der Waals surface area contributed by atoms with Gasteiger partial charge in [0.2, 0.25) is 0 Å². The third-order valence-electron chi connectivity index (χ3n) is 3.26. The predicted molar refractivity (Wildman–Crippen MR) is 82.1 cm³/mol. The van der Waals surface area contributed by atoms with Crippen LogP contribution < -0.4 is 5.32 Å². The Morgan fingerprint density at radius 3 is 2.22 bits per heavy atom. The molecular weight excluding hydrogens is 286 g/mol. The van der Waals surface area contributed by atoms with Gasteiger partial charge in [-0.3, -0.25) is 0 Å². The molecule has 0 aliphatic carbocycles. The minimum atomic E-state index is 0.306. The van der Waals surface area contributed by atoms with Crippen LogP contribution in [0.3, 0.4) is 0 Å². The molecule has 0 bridgehead atoms. The van der Waals surface area contributed by atoms with Gasteiger partial charge in [-0.2, -0.15) is 0 Å². The number of halogens is 1. The van der Waals surface area contributed by atoms with Crippen LogP contribution in [-0.4, -0.2) is 0 Å². The first-order valence-electron chi connectivity index (χ1n) is 6.15. The van der Waals surface area contributed by atoms with Crippen LogP contribution in [0.4, 0.5) is 5.69 Å².